The van der Waals surface area contributed by atoms with Crippen molar-refractivity contribution in [2.75, 3.05) is 0 Å². The van der Waals surface area contributed by atoms with Crippen molar-refractivity contribution in [3.8, 4) is 11.5 Å². The summed E-state index contributed by atoms with van der Waals surface area (Å²) in [5.41, 5.74) is 2.30. The predicted octanol–water partition coefficient (Wildman–Crippen LogP) is 5.41. The molecule has 0 aromatic heterocycles. The number of Topliss-reactive ketones (excluding diaryl/α,β-unsaturated/α-hetero) is 1. The molecular formula is C23H22F2O4. The first-order chi connectivity index (χ1) is 13.9. The first kappa shape index (κ1) is 19.6. The van der Waals surface area contributed by atoms with E-state index < -0.39 is 11.6 Å². The van der Waals surface area contributed by atoms with Crippen LogP contribution in [0.25, 0.3) is 5.57 Å². The van der Waals surface area contributed by atoms with Gasteiger partial charge in [0.15, 0.2) is 17.3 Å². The lowest BCUT2D eigenvalue weighted by Crippen LogP contribution is -2.26. The number of aliphatic hydroxyl groups excluding tert-OH is 1. The second-order valence-corrected chi connectivity index (χ2v) is 7.73. The average Bonchev–Trinajstić information content (AvgIpc) is 3.30. The second kappa shape index (κ2) is 7.59. The molecule has 0 spiro atoms. The molecule has 2 heterocycles. The normalized spacial score (nSPS) is 23.4. The molecule has 4 rings (SSSR count). The summed E-state index contributed by atoms with van der Waals surface area (Å²) in [4.78, 5) is 13.1. The van der Waals surface area contributed by atoms with Crippen molar-refractivity contribution in [1.29, 1.82) is 0 Å². The van der Waals surface area contributed by atoms with Gasteiger partial charge in [-0.1, -0.05) is 0 Å². The Morgan fingerprint density at radius 3 is 2.45 bits per heavy atom. The molecule has 0 radical (unpaired) electrons. The van der Waals surface area contributed by atoms with E-state index >= 15 is 0 Å². The highest BCUT2D eigenvalue weighted by atomic mass is 19.1. The Bertz CT molecular complexity index is 975. The first-order valence-electron chi connectivity index (χ1n) is 9.66. The van der Waals surface area contributed by atoms with Gasteiger partial charge in [0.25, 0.3) is 0 Å². The number of ketones is 1. The van der Waals surface area contributed by atoms with Gasteiger partial charge in [0.1, 0.15) is 11.6 Å². The van der Waals surface area contributed by atoms with E-state index in [-0.39, 0.29) is 35.2 Å². The number of ether oxygens (including phenoxy) is 2. The maximum atomic E-state index is 13.9. The minimum absolute atomic E-state index is 0.0767. The lowest BCUT2D eigenvalue weighted by molar-refractivity contribution is -0.118. The lowest BCUT2D eigenvalue weighted by atomic mass is 9.81. The maximum Gasteiger partial charge on any atom is 0.172 e. The molecule has 0 amide bonds. The highest BCUT2D eigenvalue weighted by Gasteiger charge is 2.45. The molecule has 2 saturated heterocycles. The summed E-state index contributed by atoms with van der Waals surface area (Å²) in [6.45, 7) is 3.59. The van der Waals surface area contributed by atoms with E-state index in [4.69, 9.17) is 9.47 Å². The number of halogens is 2. The standard InChI is InChI=1S/C23H22F2O4/c1-12-7-16(29-21-5-3-14(24)9-19(21)25)8-13(2)22(12)18(11-26)23(27)17-10-15-4-6-20(17)28-15/h3,5,7-9,11,15,17,20,26H,4,6,10H2,1-2H3/t15-,17-,20+/m0/s1. The summed E-state index contributed by atoms with van der Waals surface area (Å²) >= 11 is 0. The van der Waals surface area contributed by atoms with Crippen molar-refractivity contribution in [2.45, 2.75) is 45.3 Å². The molecule has 4 nitrogen and oxygen atoms in total. The molecular weight excluding hydrogens is 378 g/mol. The highest BCUT2D eigenvalue weighted by Crippen LogP contribution is 2.42. The maximum absolute atomic E-state index is 13.9. The summed E-state index contributed by atoms with van der Waals surface area (Å²) in [5, 5.41) is 9.86. The summed E-state index contributed by atoms with van der Waals surface area (Å²) in [6.07, 6.45) is 3.46. The van der Waals surface area contributed by atoms with Crippen molar-refractivity contribution in [3.05, 3.63) is 64.9 Å². The summed E-state index contributed by atoms with van der Waals surface area (Å²) < 4.78 is 38.3. The molecule has 152 valence electrons. The van der Waals surface area contributed by atoms with Crippen LogP contribution in [-0.4, -0.2) is 23.1 Å². The first-order valence-corrected chi connectivity index (χ1v) is 9.66. The van der Waals surface area contributed by atoms with Gasteiger partial charge in [-0.3, -0.25) is 4.79 Å². The number of carbonyl (C=O) groups excluding carboxylic acids is 1. The van der Waals surface area contributed by atoms with E-state index in [1.807, 2.05) is 0 Å². The Kier molecular flexibility index (Phi) is 5.13. The van der Waals surface area contributed by atoms with Crippen molar-refractivity contribution in [3.63, 3.8) is 0 Å². The van der Waals surface area contributed by atoms with E-state index in [9.17, 15) is 18.7 Å². The molecule has 0 aliphatic carbocycles. The Morgan fingerprint density at radius 2 is 1.90 bits per heavy atom. The number of carbonyl (C=O) groups is 1. The van der Waals surface area contributed by atoms with Gasteiger partial charge in [0, 0.05) is 6.07 Å². The molecule has 2 aliphatic rings. The minimum Gasteiger partial charge on any atom is -0.515 e. The van der Waals surface area contributed by atoms with Crippen molar-refractivity contribution in [1.82, 2.24) is 0 Å². The van der Waals surface area contributed by atoms with E-state index in [2.05, 4.69) is 0 Å². The van der Waals surface area contributed by atoms with Crippen LogP contribution in [-0.2, 0) is 9.53 Å². The molecule has 3 atom stereocenters. The third kappa shape index (κ3) is 3.65. The SMILES string of the molecule is Cc1cc(Oc2ccc(F)cc2F)cc(C)c1C(=CO)C(=O)[C@H]1C[C@@H]2CC[C@H]1O2. The van der Waals surface area contributed by atoms with Crippen molar-refractivity contribution in [2.24, 2.45) is 5.92 Å². The molecule has 29 heavy (non-hydrogen) atoms. The van der Waals surface area contributed by atoms with Crippen LogP contribution < -0.4 is 4.74 Å². The molecule has 0 unspecified atom stereocenters. The van der Waals surface area contributed by atoms with Gasteiger partial charge < -0.3 is 14.6 Å². The van der Waals surface area contributed by atoms with Crippen LogP contribution in [0.15, 0.2) is 36.6 Å². The van der Waals surface area contributed by atoms with Crippen LogP contribution >= 0.6 is 0 Å². The zero-order valence-corrected chi connectivity index (χ0v) is 16.2. The Hall–Kier alpha value is -2.73. The molecule has 1 N–H and O–H groups in total. The summed E-state index contributed by atoms with van der Waals surface area (Å²) in [5.74, 6) is -1.57. The number of fused-ring (bicyclic) bond motifs is 2. The molecule has 6 heteroatoms. The Morgan fingerprint density at radius 1 is 1.17 bits per heavy atom. The smallest absolute Gasteiger partial charge is 0.172 e. The fourth-order valence-electron chi connectivity index (χ4n) is 4.46. The monoisotopic (exact) mass is 400 g/mol. The van der Waals surface area contributed by atoms with Crippen LogP contribution in [0.2, 0.25) is 0 Å². The minimum atomic E-state index is -0.799. The molecule has 2 bridgehead atoms. The molecule has 2 fully saturated rings. The van der Waals surface area contributed by atoms with Crippen molar-refractivity contribution >= 4 is 11.4 Å². The van der Waals surface area contributed by atoms with Crippen LogP contribution in [0.3, 0.4) is 0 Å². The molecule has 2 aromatic rings. The van der Waals surface area contributed by atoms with Gasteiger partial charge in [-0.05, 0) is 74.1 Å². The third-order valence-corrected chi connectivity index (χ3v) is 5.73. The van der Waals surface area contributed by atoms with Crippen LogP contribution in [0.5, 0.6) is 11.5 Å². The Labute approximate surface area is 167 Å². The summed E-state index contributed by atoms with van der Waals surface area (Å²) in [6, 6.07) is 6.43. The zero-order valence-electron chi connectivity index (χ0n) is 16.2. The van der Waals surface area contributed by atoms with E-state index in [1.165, 1.54) is 6.07 Å². The number of aryl methyl sites for hydroxylation is 2. The number of aliphatic hydroxyl groups is 1. The van der Waals surface area contributed by atoms with E-state index in [0.717, 1.165) is 31.2 Å². The predicted molar refractivity (Wildman–Crippen MR) is 104 cm³/mol. The zero-order chi connectivity index (χ0) is 20.7. The topological polar surface area (TPSA) is 55.8 Å². The quantitative estimate of drug-likeness (QED) is 0.539. The number of hydrogen-bond donors (Lipinski definition) is 1. The molecule has 2 aromatic carbocycles. The van der Waals surface area contributed by atoms with E-state index in [0.29, 0.717) is 28.9 Å². The van der Waals surface area contributed by atoms with Gasteiger partial charge in [0.2, 0.25) is 0 Å². The summed E-state index contributed by atoms with van der Waals surface area (Å²) in [7, 11) is 0. The number of hydrogen-bond acceptors (Lipinski definition) is 4. The van der Waals surface area contributed by atoms with Gasteiger partial charge >= 0.3 is 0 Å². The number of allylic oxidation sites excluding steroid dienone is 1. The Balaban J connectivity index is 1.61. The number of rotatable bonds is 5. The second-order valence-electron chi connectivity index (χ2n) is 7.73. The lowest BCUT2D eigenvalue weighted by Gasteiger charge is -2.21. The third-order valence-electron chi connectivity index (χ3n) is 5.73. The van der Waals surface area contributed by atoms with Crippen LogP contribution in [0, 0.1) is 31.4 Å². The van der Waals surface area contributed by atoms with Crippen LogP contribution in [0.1, 0.15) is 36.0 Å². The molecule has 0 saturated carbocycles. The van der Waals surface area contributed by atoms with Gasteiger partial charge in [-0.25, -0.2) is 8.78 Å². The van der Waals surface area contributed by atoms with Crippen molar-refractivity contribution < 1.29 is 28.2 Å². The van der Waals surface area contributed by atoms with Gasteiger partial charge in [-0.2, -0.15) is 0 Å². The number of benzene rings is 2. The van der Waals surface area contributed by atoms with Gasteiger partial charge in [-0.15, -0.1) is 0 Å². The highest BCUT2D eigenvalue weighted by molar-refractivity contribution is 6.22. The van der Waals surface area contributed by atoms with E-state index in [1.54, 1.807) is 26.0 Å². The fourth-order valence-corrected chi connectivity index (χ4v) is 4.46. The molecule has 2 aliphatic heterocycles. The van der Waals surface area contributed by atoms with Gasteiger partial charge in [0.05, 0.1) is 30.0 Å². The average molecular weight is 400 g/mol. The fraction of sp³-hybridized carbons (Fsp3) is 0.348. The largest absolute Gasteiger partial charge is 0.515 e. The van der Waals surface area contributed by atoms with Crippen LogP contribution in [0.4, 0.5) is 8.78 Å².